The summed E-state index contributed by atoms with van der Waals surface area (Å²) in [5.41, 5.74) is -0.0720. The van der Waals surface area contributed by atoms with E-state index in [0.29, 0.717) is 13.0 Å². The average molecular weight is 211 g/mol. The lowest BCUT2D eigenvalue weighted by atomic mass is 10.2. The van der Waals surface area contributed by atoms with Gasteiger partial charge in [-0.2, -0.15) is 5.10 Å². The first kappa shape index (κ1) is 10.4. The van der Waals surface area contributed by atoms with Crippen LogP contribution in [0.1, 0.15) is 32.0 Å². The van der Waals surface area contributed by atoms with Crippen molar-refractivity contribution in [1.82, 2.24) is 14.3 Å². The van der Waals surface area contributed by atoms with Gasteiger partial charge in [-0.3, -0.25) is 4.57 Å². The molecular weight excluding hydrogens is 194 g/mol. The first-order valence-electron chi connectivity index (χ1n) is 5.57. The van der Waals surface area contributed by atoms with Crippen molar-refractivity contribution in [2.45, 2.75) is 51.8 Å². The van der Waals surface area contributed by atoms with E-state index in [1.165, 1.54) is 4.68 Å². The highest BCUT2D eigenvalue weighted by atomic mass is 16.3. The molecule has 1 aromatic rings. The summed E-state index contributed by atoms with van der Waals surface area (Å²) < 4.78 is 3.13. The molecule has 0 aromatic carbocycles. The average Bonchev–Trinajstić information content (AvgIpc) is 2.57. The quantitative estimate of drug-likeness (QED) is 0.774. The molecule has 15 heavy (non-hydrogen) atoms. The van der Waals surface area contributed by atoms with E-state index in [1.54, 1.807) is 4.57 Å². The van der Waals surface area contributed by atoms with Crippen molar-refractivity contribution in [3.8, 4) is 0 Å². The molecule has 0 saturated carbocycles. The smallest absolute Gasteiger partial charge is 0.346 e. The highest BCUT2D eigenvalue weighted by Crippen LogP contribution is 2.09. The predicted molar refractivity (Wildman–Crippen MR) is 55.7 cm³/mol. The van der Waals surface area contributed by atoms with E-state index in [9.17, 15) is 9.90 Å². The van der Waals surface area contributed by atoms with Gasteiger partial charge in [0.1, 0.15) is 5.82 Å². The third kappa shape index (κ3) is 1.97. The monoisotopic (exact) mass is 211 g/mol. The van der Waals surface area contributed by atoms with Crippen LogP contribution in [0.15, 0.2) is 4.79 Å². The van der Waals surface area contributed by atoms with Crippen LogP contribution in [0, 0.1) is 0 Å². The minimum absolute atomic E-state index is 0.0720. The number of aliphatic hydroxyl groups is 1. The third-order valence-electron chi connectivity index (χ3n) is 2.89. The molecule has 0 aliphatic carbocycles. The standard InChI is InChI=1S/C10H17N3O2/c1-2-8(14)7-13-10(15)12-6-4-3-5-9(12)11-13/h8,14H,2-7H2,1H3. The summed E-state index contributed by atoms with van der Waals surface area (Å²) in [6.45, 7) is 2.98. The summed E-state index contributed by atoms with van der Waals surface area (Å²) in [6, 6.07) is 0. The minimum atomic E-state index is -0.473. The highest BCUT2D eigenvalue weighted by Gasteiger charge is 2.17. The minimum Gasteiger partial charge on any atom is -0.391 e. The predicted octanol–water partition coefficient (Wildman–Crippen LogP) is 0.152. The lowest BCUT2D eigenvalue weighted by Gasteiger charge is -2.09. The topological polar surface area (TPSA) is 60.0 Å². The Bertz CT molecular complexity index is 394. The van der Waals surface area contributed by atoms with E-state index in [-0.39, 0.29) is 5.69 Å². The number of nitrogens with zero attached hydrogens (tertiary/aromatic N) is 3. The Labute approximate surface area is 88.3 Å². The Morgan fingerprint density at radius 3 is 3.00 bits per heavy atom. The van der Waals surface area contributed by atoms with Crippen molar-refractivity contribution in [2.75, 3.05) is 0 Å². The van der Waals surface area contributed by atoms with Gasteiger partial charge in [0.05, 0.1) is 12.6 Å². The SMILES string of the molecule is CCC(O)Cn1nc2n(c1=O)CCCC2. The summed E-state index contributed by atoms with van der Waals surface area (Å²) in [5, 5.41) is 13.7. The zero-order valence-corrected chi connectivity index (χ0v) is 9.02. The van der Waals surface area contributed by atoms with Crippen molar-refractivity contribution < 1.29 is 5.11 Å². The Hall–Kier alpha value is -1.10. The lowest BCUT2D eigenvalue weighted by molar-refractivity contribution is 0.143. The number of fused-ring (bicyclic) bond motifs is 1. The van der Waals surface area contributed by atoms with Crippen molar-refractivity contribution in [1.29, 1.82) is 0 Å². The van der Waals surface area contributed by atoms with Crippen molar-refractivity contribution >= 4 is 0 Å². The summed E-state index contributed by atoms with van der Waals surface area (Å²) in [4.78, 5) is 11.8. The molecule has 1 aromatic heterocycles. The number of aromatic nitrogens is 3. The maximum Gasteiger partial charge on any atom is 0.346 e. The van der Waals surface area contributed by atoms with Crippen molar-refractivity contribution in [3.63, 3.8) is 0 Å². The molecule has 5 nitrogen and oxygen atoms in total. The number of aryl methyl sites for hydroxylation is 1. The molecule has 5 heteroatoms. The normalized spacial score (nSPS) is 17.5. The summed E-state index contributed by atoms with van der Waals surface area (Å²) >= 11 is 0. The van der Waals surface area contributed by atoms with Crippen molar-refractivity contribution in [3.05, 3.63) is 16.3 Å². The molecule has 84 valence electrons. The molecule has 0 saturated heterocycles. The van der Waals surface area contributed by atoms with Gasteiger partial charge in [0.2, 0.25) is 0 Å². The zero-order chi connectivity index (χ0) is 10.8. The molecule has 0 spiro atoms. The molecule has 1 unspecified atom stereocenters. The Balaban J connectivity index is 2.25. The highest BCUT2D eigenvalue weighted by molar-refractivity contribution is 4.91. The molecular formula is C10H17N3O2. The van der Waals surface area contributed by atoms with Crippen molar-refractivity contribution in [2.24, 2.45) is 0 Å². The van der Waals surface area contributed by atoms with Gasteiger partial charge in [0.25, 0.3) is 0 Å². The second-order valence-corrected chi connectivity index (χ2v) is 4.05. The van der Waals surface area contributed by atoms with Crippen LogP contribution < -0.4 is 5.69 Å². The van der Waals surface area contributed by atoms with Crippen LogP contribution in [-0.2, 0) is 19.5 Å². The first-order valence-corrected chi connectivity index (χ1v) is 5.57. The van der Waals surface area contributed by atoms with E-state index in [4.69, 9.17) is 0 Å². The second-order valence-electron chi connectivity index (χ2n) is 4.05. The van der Waals surface area contributed by atoms with Gasteiger partial charge in [-0.05, 0) is 19.3 Å². The molecule has 1 aliphatic rings. The van der Waals surface area contributed by atoms with Gasteiger partial charge in [-0.25, -0.2) is 9.48 Å². The fraction of sp³-hybridized carbons (Fsp3) is 0.800. The van der Waals surface area contributed by atoms with Crippen LogP contribution >= 0.6 is 0 Å². The van der Waals surface area contributed by atoms with Gasteiger partial charge >= 0.3 is 5.69 Å². The van der Waals surface area contributed by atoms with E-state index < -0.39 is 6.10 Å². The number of hydrogen-bond acceptors (Lipinski definition) is 3. The molecule has 1 aliphatic heterocycles. The molecule has 0 radical (unpaired) electrons. The van der Waals surface area contributed by atoms with Crippen LogP contribution in [0.4, 0.5) is 0 Å². The van der Waals surface area contributed by atoms with Crippen LogP contribution in [-0.4, -0.2) is 25.6 Å². The maximum atomic E-state index is 11.8. The summed E-state index contributed by atoms with van der Waals surface area (Å²) in [6.07, 6.45) is 3.21. The fourth-order valence-electron chi connectivity index (χ4n) is 1.90. The molecule has 1 N–H and O–H groups in total. The maximum absolute atomic E-state index is 11.8. The van der Waals surface area contributed by atoms with Gasteiger partial charge < -0.3 is 5.11 Å². The third-order valence-corrected chi connectivity index (χ3v) is 2.89. The lowest BCUT2D eigenvalue weighted by Crippen LogP contribution is -2.30. The molecule has 0 amide bonds. The number of aliphatic hydroxyl groups excluding tert-OH is 1. The fourth-order valence-corrected chi connectivity index (χ4v) is 1.90. The van der Waals surface area contributed by atoms with Gasteiger partial charge in [0, 0.05) is 13.0 Å². The molecule has 0 bridgehead atoms. The summed E-state index contributed by atoms with van der Waals surface area (Å²) in [5.74, 6) is 0.870. The van der Waals surface area contributed by atoms with E-state index in [0.717, 1.165) is 31.6 Å². The van der Waals surface area contributed by atoms with Crippen LogP contribution in [0.3, 0.4) is 0 Å². The van der Waals surface area contributed by atoms with Gasteiger partial charge in [-0.1, -0.05) is 6.92 Å². The molecule has 2 heterocycles. The molecule has 1 atom stereocenters. The van der Waals surface area contributed by atoms with Gasteiger partial charge in [0.15, 0.2) is 0 Å². The second kappa shape index (κ2) is 4.18. The zero-order valence-electron chi connectivity index (χ0n) is 9.02. The number of rotatable bonds is 3. The Morgan fingerprint density at radius 1 is 1.53 bits per heavy atom. The first-order chi connectivity index (χ1) is 7.22. The summed E-state index contributed by atoms with van der Waals surface area (Å²) in [7, 11) is 0. The number of hydrogen-bond donors (Lipinski definition) is 1. The largest absolute Gasteiger partial charge is 0.391 e. The Kier molecular flexibility index (Phi) is 2.90. The molecule has 0 fully saturated rings. The van der Waals surface area contributed by atoms with Crippen LogP contribution in [0.25, 0.3) is 0 Å². The van der Waals surface area contributed by atoms with E-state index >= 15 is 0 Å². The molecule has 2 rings (SSSR count). The van der Waals surface area contributed by atoms with E-state index in [2.05, 4.69) is 5.10 Å². The van der Waals surface area contributed by atoms with E-state index in [1.807, 2.05) is 6.92 Å². The Morgan fingerprint density at radius 2 is 2.33 bits per heavy atom. The van der Waals surface area contributed by atoms with Crippen LogP contribution in [0.2, 0.25) is 0 Å². The van der Waals surface area contributed by atoms with Gasteiger partial charge in [-0.15, -0.1) is 0 Å². The van der Waals surface area contributed by atoms with Crippen LogP contribution in [0.5, 0.6) is 0 Å².